The van der Waals surface area contributed by atoms with Gasteiger partial charge in [-0.15, -0.1) is 0 Å². The Kier molecular flexibility index (Phi) is 4.27. The summed E-state index contributed by atoms with van der Waals surface area (Å²) < 4.78 is 6.63. The van der Waals surface area contributed by atoms with E-state index in [9.17, 15) is 4.79 Å². The number of benzene rings is 1. The molecule has 0 spiro atoms. The van der Waals surface area contributed by atoms with E-state index in [1.165, 1.54) is 0 Å². The highest BCUT2D eigenvalue weighted by Gasteiger charge is 2.40. The zero-order valence-electron chi connectivity index (χ0n) is 10.7. The molecule has 3 nitrogen and oxygen atoms in total. The number of hydrogen-bond donors (Lipinski definition) is 0. The third kappa shape index (κ3) is 3.48. The highest BCUT2D eigenvalue weighted by molar-refractivity contribution is 9.10. The fourth-order valence-electron chi connectivity index (χ4n) is 1.89. The molecule has 1 aromatic rings. The Morgan fingerprint density at radius 1 is 1.44 bits per heavy atom. The van der Waals surface area contributed by atoms with E-state index in [2.05, 4.69) is 22.9 Å². The van der Waals surface area contributed by atoms with Crippen molar-refractivity contribution in [2.75, 3.05) is 20.2 Å². The van der Waals surface area contributed by atoms with Gasteiger partial charge in [0, 0.05) is 17.4 Å². The van der Waals surface area contributed by atoms with Crippen molar-refractivity contribution in [1.29, 1.82) is 0 Å². The first-order valence-corrected chi connectivity index (χ1v) is 7.00. The van der Waals surface area contributed by atoms with Crippen LogP contribution in [0.15, 0.2) is 28.7 Å². The number of amides is 1. The Balaban J connectivity index is 1.71. The minimum absolute atomic E-state index is 0.252. The molecular formula is C14H18BrNO2. The van der Waals surface area contributed by atoms with Crippen molar-refractivity contribution in [2.45, 2.75) is 13.3 Å². The maximum atomic E-state index is 11.9. The molecule has 1 fully saturated rings. The average Bonchev–Trinajstić information content (AvgIpc) is 3.08. The van der Waals surface area contributed by atoms with Gasteiger partial charge in [0.05, 0.1) is 6.54 Å². The zero-order valence-corrected chi connectivity index (χ0v) is 12.3. The first kappa shape index (κ1) is 13.4. The molecule has 1 amide bonds. The van der Waals surface area contributed by atoms with E-state index in [-0.39, 0.29) is 11.8 Å². The molecule has 0 aromatic heterocycles. The second-order valence-electron chi connectivity index (χ2n) is 4.88. The molecule has 2 rings (SSSR count). The van der Waals surface area contributed by atoms with Crippen LogP contribution in [0.2, 0.25) is 0 Å². The van der Waals surface area contributed by atoms with Gasteiger partial charge in [-0.2, -0.15) is 0 Å². The third-order valence-electron chi connectivity index (χ3n) is 3.31. The smallest absolute Gasteiger partial charge is 0.225 e. The van der Waals surface area contributed by atoms with E-state index in [1.54, 1.807) is 4.90 Å². The van der Waals surface area contributed by atoms with Crippen LogP contribution < -0.4 is 4.74 Å². The molecule has 0 saturated heterocycles. The molecule has 0 heterocycles. The molecule has 1 aromatic carbocycles. The van der Waals surface area contributed by atoms with E-state index in [1.807, 2.05) is 31.3 Å². The van der Waals surface area contributed by atoms with Crippen LogP contribution in [0.25, 0.3) is 0 Å². The predicted octanol–water partition coefficient (Wildman–Crippen LogP) is 2.94. The minimum atomic E-state index is 0.252. The van der Waals surface area contributed by atoms with Crippen molar-refractivity contribution in [2.24, 2.45) is 11.8 Å². The number of likely N-dealkylation sites (N-methyl/N-ethyl adjacent to an activating group) is 1. The first-order valence-electron chi connectivity index (χ1n) is 6.21. The lowest BCUT2D eigenvalue weighted by Crippen LogP contribution is -2.32. The van der Waals surface area contributed by atoms with E-state index in [0.29, 0.717) is 19.1 Å². The Bertz CT molecular complexity index is 418. The molecule has 4 heteroatoms. The molecule has 1 aliphatic carbocycles. The summed E-state index contributed by atoms with van der Waals surface area (Å²) in [5.41, 5.74) is 0. The quantitative estimate of drug-likeness (QED) is 0.836. The van der Waals surface area contributed by atoms with Crippen molar-refractivity contribution in [1.82, 2.24) is 4.90 Å². The summed E-state index contributed by atoms with van der Waals surface area (Å²) in [6.07, 6.45) is 1.04. The van der Waals surface area contributed by atoms with E-state index >= 15 is 0 Å². The minimum Gasteiger partial charge on any atom is -0.492 e. The third-order valence-corrected chi connectivity index (χ3v) is 3.84. The molecule has 2 atom stereocenters. The fourth-order valence-corrected chi connectivity index (χ4v) is 2.16. The second-order valence-corrected chi connectivity index (χ2v) is 5.80. The number of ether oxygens (including phenoxy) is 1. The van der Waals surface area contributed by atoms with Crippen LogP contribution in [0.1, 0.15) is 13.3 Å². The van der Waals surface area contributed by atoms with E-state index in [0.717, 1.165) is 16.6 Å². The van der Waals surface area contributed by atoms with Gasteiger partial charge in [0.1, 0.15) is 12.4 Å². The van der Waals surface area contributed by atoms with Crippen molar-refractivity contribution in [3.63, 3.8) is 0 Å². The standard InChI is InChI=1S/C14H18BrNO2/c1-10-9-13(10)14(17)16(2)7-8-18-12-5-3-11(15)4-6-12/h3-6,10,13H,7-9H2,1-2H3. The summed E-state index contributed by atoms with van der Waals surface area (Å²) in [6.45, 7) is 3.29. The van der Waals surface area contributed by atoms with E-state index in [4.69, 9.17) is 4.74 Å². The van der Waals surface area contributed by atoms with Gasteiger partial charge in [-0.05, 0) is 36.6 Å². The summed E-state index contributed by atoms with van der Waals surface area (Å²) >= 11 is 3.38. The molecule has 98 valence electrons. The Morgan fingerprint density at radius 3 is 2.61 bits per heavy atom. The number of nitrogens with zero attached hydrogens (tertiary/aromatic N) is 1. The van der Waals surface area contributed by atoms with Gasteiger partial charge in [0.15, 0.2) is 0 Å². The van der Waals surface area contributed by atoms with Crippen LogP contribution >= 0.6 is 15.9 Å². The summed E-state index contributed by atoms with van der Waals surface area (Å²) in [4.78, 5) is 13.6. The summed E-state index contributed by atoms with van der Waals surface area (Å²) in [5.74, 6) is 1.90. The topological polar surface area (TPSA) is 29.5 Å². The number of carbonyl (C=O) groups excluding carboxylic acids is 1. The van der Waals surface area contributed by atoms with Crippen molar-refractivity contribution in [3.05, 3.63) is 28.7 Å². The fraction of sp³-hybridized carbons (Fsp3) is 0.500. The lowest BCUT2D eigenvalue weighted by Gasteiger charge is -2.17. The molecule has 0 bridgehead atoms. The second kappa shape index (κ2) is 5.74. The van der Waals surface area contributed by atoms with Gasteiger partial charge in [-0.1, -0.05) is 22.9 Å². The molecule has 2 unspecified atom stereocenters. The average molecular weight is 312 g/mol. The highest BCUT2D eigenvalue weighted by atomic mass is 79.9. The lowest BCUT2D eigenvalue weighted by molar-refractivity contribution is -0.131. The summed E-state index contributed by atoms with van der Waals surface area (Å²) in [5, 5.41) is 0. The Labute approximate surface area is 116 Å². The molecule has 1 saturated carbocycles. The zero-order chi connectivity index (χ0) is 13.1. The van der Waals surface area contributed by atoms with Gasteiger partial charge in [0.25, 0.3) is 0 Å². The molecule has 18 heavy (non-hydrogen) atoms. The van der Waals surface area contributed by atoms with Crippen LogP contribution in [0.4, 0.5) is 0 Å². The molecule has 0 N–H and O–H groups in total. The van der Waals surface area contributed by atoms with Crippen LogP contribution in [0.3, 0.4) is 0 Å². The van der Waals surface area contributed by atoms with Gasteiger partial charge >= 0.3 is 0 Å². The molecule has 1 aliphatic rings. The first-order chi connectivity index (χ1) is 8.58. The monoisotopic (exact) mass is 311 g/mol. The molecular weight excluding hydrogens is 294 g/mol. The van der Waals surface area contributed by atoms with Crippen molar-refractivity contribution < 1.29 is 9.53 Å². The maximum absolute atomic E-state index is 11.9. The van der Waals surface area contributed by atoms with Crippen molar-refractivity contribution in [3.8, 4) is 5.75 Å². The van der Waals surface area contributed by atoms with Crippen LogP contribution in [0.5, 0.6) is 5.75 Å². The largest absolute Gasteiger partial charge is 0.492 e. The van der Waals surface area contributed by atoms with Crippen LogP contribution in [0, 0.1) is 11.8 Å². The summed E-state index contributed by atoms with van der Waals surface area (Å²) in [6, 6.07) is 7.70. The number of carbonyl (C=O) groups is 1. The Hall–Kier alpha value is -1.03. The van der Waals surface area contributed by atoms with Gasteiger partial charge in [0.2, 0.25) is 5.91 Å². The van der Waals surface area contributed by atoms with Gasteiger partial charge in [-0.25, -0.2) is 0 Å². The van der Waals surface area contributed by atoms with Gasteiger partial charge < -0.3 is 9.64 Å². The number of rotatable bonds is 5. The van der Waals surface area contributed by atoms with E-state index < -0.39 is 0 Å². The van der Waals surface area contributed by atoms with Crippen LogP contribution in [-0.4, -0.2) is 31.0 Å². The van der Waals surface area contributed by atoms with Gasteiger partial charge in [-0.3, -0.25) is 4.79 Å². The van der Waals surface area contributed by atoms with Crippen LogP contribution in [-0.2, 0) is 4.79 Å². The molecule has 0 radical (unpaired) electrons. The number of halogens is 1. The highest BCUT2D eigenvalue weighted by Crippen LogP contribution is 2.38. The maximum Gasteiger partial charge on any atom is 0.225 e. The number of hydrogen-bond acceptors (Lipinski definition) is 2. The SMILES string of the molecule is CC1CC1C(=O)N(C)CCOc1ccc(Br)cc1. The van der Waals surface area contributed by atoms with Crippen molar-refractivity contribution >= 4 is 21.8 Å². The predicted molar refractivity (Wildman–Crippen MR) is 74.5 cm³/mol. The lowest BCUT2D eigenvalue weighted by atomic mass is 10.3. The Morgan fingerprint density at radius 2 is 2.06 bits per heavy atom. The molecule has 0 aliphatic heterocycles. The summed E-state index contributed by atoms with van der Waals surface area (Å²) in [7, 11) is 1.85. The normalized spacial score (nSPS) is 21.5.